The van der Waals surface area contributed by atoms with Gasteiger partial charge in [0.1, 0.15) is 0 Å². The van der Waals surface area contributed by atoms with Crippen molar-refractivity contribution in [2.24, 2.45) is 0 Å². The molecule has 0 atom stereocenters. The van der Waals surface area contributed by atoms with Gasteiger partial charge in [-0.3, -0.25) is 0 Å². The summed E-state index contributed by atoms with van der Waals surface area (Å²) in [5.41, 5.74) is -0.104. The van der Waals surface area contributed by atoms with E-state index in [0.717, 1.165) is 0 Å². The Morgan fingerprint density at radius 2 is 1.28 bits per heavy atom. The van der Waals surface area contributed by atoms with Gasteiger partial charge < -0.3 is 0 Å². The predicted molar refractivity (Wildman–Crippen MR) is 65.7 cm³/mol. The normalized spacial score (nSPS) is 10.3. The van der Waals surface area contributed by atoms with Crippen molar-refractivity contribution < 1.29 is 17.6 Å². The van der Waals surface area contributed by atoms with E-state index in [1.54, 1.807) is 20.8 Å². The number of benzene rings is 1. The first-order valence-electron chi connectivity index (χ1n) is 6.26. The Bertz CT molecular complexity index is 398. The lowest BCUT2D eigenvalue weighted by Gasteiger charge is -2.15. The lowest BCUT2D eigenvalue weighted by atomic mass is 9.93. The lowest BCUT2D eigenvalue weighted by molar-refractivity contribution is 0.395. The van der Waals surface area contributed by atoms with Crippen LogP contribution in [0.5, 0.6) is 0 Å². The third kappa shape index (κ3) is 3.24. The van der Waals surface area contributed by atoms with Crippen LogP contribution in [0.25, 0.3) is 0 Å². The van der Waals surface area contributed by atoms with Crippen LogP contribution in [0.15, 0.2) is 0 Å². The number of halogens is 4. The smallest absolute Gasteiger partial charge is 0.197 e. The molecule has 18 heavy (non-hydrogen) atoms. The molecule has 0 unspecified atom stereocenters. The van der Waals surface area contributed by atoms with Gasteiger partial charge in [-0.15, -0.1) is 0 Å². The van der Waals surface area contributed by atoms with E-state index in [-0.39, 0.29) is 23.5 Å². The average Bonchev–Trinajstić information content (AvgIpc) is 2.35. The number of hydrogen-bond acceptors (Lipinski definition) is 0. The Hall–Kier alpha value is -1.06. The largest absolute Gasteiger partial charge is 0.203 e. The minimum absolute atomic E-state index is 0.0473. The van der Waals surface area contributed by atoms with Crippen molar-refractivity contribution in [2.75, 3.05) is 0 Å². The highest BCUT2D eigenvalue weighted by Gasteiger charge is 2.25. The van der Waals surface area contributed by atoms with Gasteiger partial charge in [-0.25, -0.2) is 17.6 Å². The van der Waals surface area contributed by atoms with E-state index in [4.69, 9.17) is 0 Å². The molecule has 0 heterocycles. The minimum atomic E-state index is -1.72. The van der Waals surface area contributed by atoms with E-state index < -0.39 is 23.3 Å². The molecule has 0 aliphatic rings. The highest BCUT2D eigenvalue weighted by Crippen LogP contribution is 2.30. The predicted octanol–water partition coefficient (Wildman–Crippen LogP) is 5.35. The SMILES string of the molecule is CC.CCCc1c(F)c(F)c(F)c(F)c1C(C)C. The topological polar surface area (TPSA) is 0 Å². The molecule has 1 aromatic rings. The molecule has 0 N–H and O–H groups in total. The number of hydrogen-bond donors (Lipinski definition) is 0. The van der Waals surface area contributed by atoms with Crippen LogP contribution in [-0.4, -0.2) is 0 Å². The summed E-state index contributed by atoms with van der Waals surface area (Å²) in [6.45, 7) is 9.01. The monoisotopic (exact) mass is 264 g/mol. The van der Waals surface area contributed by atoms with E-state index in [1.807, 2.05) is 13.8 Å². The van der Waals surface area contributed by atoms with E-state index >= 15 is 0 Å². The summed E-state index contributed by atoms with van der Waals surface area (Å²) in [7, 11) is 0. The summed E-state index contributed by atoms with van der Waals surface area (Å²) in [5.74, 6) is -6.35. The van der Waals surface area contributed by atoms with Crippen LogP contribution in [0.4, 0.5) is 17.6 Å². The molecular formula is C14H20F4. The molecule has 0 fully saturated rings. The molecular weight excluding hydrogens is 244 g/mol. The van der Waals surface area contributed by atoms with E-state index in [1.165, 1.54) is 0 Å². The van der Waals surface area contributed by atoms with Crippen LogP contribution in [0.2, 0.25) is 0 Å². The zero-order chi connectivity index (χ0) is 14.5. The quantitative estimate of drug-likeness (QED) is 0.392. The third-order valence-electron chi connectivity index (χ3n) is 2.48. The fourth-order valence-corrected chi connectivity index (χ4v) is 1.79. The molecule has 0 saturated heterocycles. The van der Waals surface area contributed by atoms with Crippen molar-refractivity contribution in [3.05, 3.63) is 34.4 Å². The summed E-state index contributed by atoms with van der Waals surface area (Å²) in [4.78, 5) is 0. The molecule has 4 heteroatoms. The van der Waals surface area contributed by atoms with Crippen molar-refractivity contribution in [1.82, 2.24) is 0 Å². The van der Waals surface area contributed by atoms with Gasteiger partial charge in [0, 0.05) is 0 Å². The molecule has 0 aliphatic heterocycles. The lowest BCUT2D eigenvalue weighted by Crippen LogP contribution is -2.10. The van der Waals surface area contributed by atoms with E-state index in [0.29, 0.717) is 6.42 Å². The second-order valence-electron chi connectivity index (χ2n) is 4.05. The molecule has 0 bridgehead atoms. The zero-order valence-electron chi connectivity index (χ0n) is 11.5. The molecule has 0 radical (unpaired) electrons. The van der Waals surface area contributed by atoms with Crippen LogP contribution in [0.3, 0.4) is 0 Å². The molecule has 104 valence electrons. The van der Waals surface area contributed by atoms with Crippen molar-refractivity contribution in [3.8, 4) is 0 Å². The molecule has 0 amide bonds. The van der Waals surface area contributed by atoms with Gasteiger partial charge in [0.15, 0.2) is 23.3 Å². The number of rotatable bonds is 3. The van der Waals surface area contributed by atoms with Crippen molar-refractivity contribution in [1.29, 1.82) is 0 Å². The Morgan fingerprint density at radius 1 is 0.833 bits per heavy atom. The standard InChI is InChI=1S/C12H14F4.C2H6/c1-4-5-7-8(6(2)3)10(14)12(16)11(15)9(7)13;1-2/h6H,4-5H2,1-3H3;1-2H3. The first-order valence-corrected chi connectivity index (χ1v) is 6.26. The average molecular weight is 264 g/mol. The molecule has 1 rings (SSSR count). The zero-order valence-corrected chi connectivity index (χ0v) is 11.5. The summed E-state index contributed by atoms with van der Waals surface area (Å²) in [6.07, 6.45) is 0.745. The van der Waals surface area contributed by atoms with Gasteiger partial charge in [0.2, 0.25) is 0 Å². The first kappa shape index (κ1) is 16.9. The summed E-state index contributed by atoms with van der Waals surface area (Å²) < 4.78 is 53.0. The van der Waals surface area contributed by atoms with E-state index in [2.05, 4.69) is 0 Å². The Kier molecular flexibility index (Phi) is 6.96. The maximum Gasteiger partial charge on any atom is 0.197 e. The van der Waals surface area contributed by atoms with Crippen molar-refractivity contribution in [3.63, 3.8) is 0 Å². The molecule has 1 aromatic carbocycles. The summed E-state index contributed by atoms with van der Waals surface area (Å²) >= 11 is 0. The Balaban J connectivity index is 0.00000137. The van der Waals surface area contributed by atoms with Gasteiger partial charge in [-0.1, -0.05) is 41.0 Å². The van der Waals surface area contributed by atoms with E-state index in [9.17, 15) is 17.6 Å². The highest BCUT2D eigenvalue weighted by atomic mass is 19.2. The van der Waals surface area contributed by atoms with Crippen LogP contribution in [0.1, 0.15) is 58.1 Å². The third-order valence-corrected chi connectivity index (χ3v) is 2.48. The highest BCUT2D eigenvalue weighted by molar-refractivity contribution is 5.34. The maximum atomic E-state index is 13.5. The molecule has 0 saturated carbocycles. The van der Waals surface area contributed by atoms with Gasteiger partial charge in [-0.2, -0.15) is 0 Å². The van der Waals surface area contributed by atoms with Crippen LogP contribution in [-0.2, 0) is 6.42 Å². The van der Waals surface area contributed by atoms with Crippen LogP contribution < -0.4 is 0 Å². The van der Waals surface area contributed by atoms with Crippen molar-refractivity contribution in [2.45, 2.75) is 53.4 Å². The van der Waals surface area contributed by atoms with Gasteiger partial charge >= 0.3 is 0 Å². The molecule has 0 aromatic heterocycles. The van der Waals surface area contributed by atoms with Crippen molar-refractivity contribution >= 4 is 0 Å². The van der Waals surface area contributed by atoms with Gasteiger partial charge in [-0.05, 0) is 23.5 Å². The van der Waals surface area contributed by atoms with Gasteiger partial charge in [0.05, 0.1) is 0 Å². The maximum absolute atomic E-state index is 13.5. The fourth-order valence-electron chi connectivity index (χ4n) is 1.79. The molecule has 0 nitrogen and oxygen atoms in total. The molecule has 0 spiro atoms. The minimum Gasteiger partial charge on any atom is -0.203 e. The first-order chi connectivity index (χ1) is 8.41. The second kappa shape index (κ2) is 7.39. The Morgan fingerprint density at radius 3 is 1.67 bits per heavy atom. The summed E-state index contributed by atoms with van der Waals surface area (Å²) in [5, 5.41) is 0. The second-order valence-corrected chi connectivity index (χ2v) is 4.05. The van der Waals surface area contributed by atoms with Gasteiger partial charge in [0.25, 0.3) is 0 Å². The van der Waals surface area contributed by atoms with Crippen LogP contribution >= 0.6 is 0 Å². The summed E-state index contributed by atoms with van der Waals surface area (Å²) in [6, 6.07) is 0. The van der Waals surface area contributed by atoms with Crippen LogP contribution in [0, 0.1) is 23.3 Å². The Labute approximate surface area is 106 Å². The molecule has 0 aliphatic carbocycles. The fraction of sp³-hybridized carbons (Fsp3) is 0.571.